The van der Waals surface area contributed by atoms with Crippen molar-refractivity contribution in [2.24, 2.45) is 11.8 Å². The molecule has 5 rings (SSSR count). The molecule has 3 aliphatic carbocycles. The van der Waals surface area contributed by atoms with Crippen molar-refractivity contribution in [1.82, 2.24) is 0 Å². The first-order valence-corrected chi connectivity index (χ1v) is 10.4. The minimum Gasteiger partial charge on any atom is -0.495 e. The first-order chi connectivity index (χ1) is 12.2. The number of benzene rings is 1. The zero-order chi connectivity index (χ0) is 18.2. The molecule has 1 saturated heterocycles. The summed E-state index contributed by atoms with van der Waals surface area (Å²) in [6, 6.07) is 4.34. The van der Waals surface area contributed by atoms with E-state index in [9.17, 15) is 0 Å². The van der Waals surface area contributed by atoms with E-state index in [1.165, 1.54) is 43.2 Å². The van der Waals surface area contributed by atoms with Gasteiger partial charge in [-0.1, -0.05) is 33.8 Å². The van der Waals surface area contributed by atoms with E-state index in [1.54, 1.807) is 7.11 Å². The van der Waals surface area contributed by atoms with Crippen LogP contribution in [0.15, 0.2) is 12.1 Å². The summed E-state index contributed by atoms with van der Waals surface area (Å²) in [5, 5.41) is 0. The van der Waals surface area contributed by atoms with Gasteiger partial charge in [0, 0.05) is 0 Å². The summed E-state index contributed by atoms with van der Waals surface area (Å²) in [6.07, 6.45) is 8.20. The zero-order valence-electron chi connectivity index (χ0n) is 16.6. The molecule has 0 amide bonds. The van der Waals surface area contributed by atoms with E-state index in [2.05, 4.69) is 12.1 Å². The summed E-state index contributed by atoms with van der Waals surface area (Å²) < 4.78 is 11.5. The molecule has 3 fully saturated rings. The van der Waals surface area contributed by atoms with Crippen LogP contribution in [0.2, 0.25) is 0 Å². The topological polar surface area (TPSA) is 47.8 Å². The van der Waals surface area contributed by atoms with Crippen LogP contribution in [0.25, 0.3) is 0 Å². The van der Waals surface area contributed by atoms with E-state index in [0.29, 0.717) is 17.6 Å². The number of anilines is 1. The Morgan fingerprint density at radius 3 is 2.52 bits per heavy atom. The molecule has 1 heterocycles. The van der Waals surface area contributed by atoms with E-state index < -0.39 is 0 Å². The fourth-order valence-corrected chi connectivity index (χ4v) is 5.86. The highest BCUT2D eigenvalue weighted by Crippen LogP contribution is 2.66. The van der Waals surface area contributed by atoms with Crippen LogP contribution in [-0.4, -0.2) is 18.8 Å². The Morgan fingerprint density at radius 1 is 1.08 bits per heavy atom. The van der Waals surface area contributed by atoms with Crippen LogP contribution >= 0.6 is 0 Å². The second kappa shape index (κ2) is 7.19. The number of nitrogens with two attached hydrogens (primary N) is 1. The molecule has 0 aromatic heterocycles. The van der Waals surface area contributed by atoms with Gasteiger partial charge in [0.1, 0.15) is 5.75 Å². The van der Waals surface area contributed by atoms with Crippen molar-refractivity contribution in [1.29, 1.82) is 0 Å². The fourth-order valence-electron chi connectivity index (χ4n) is 5.86. The van der Waals surface area contributed by atoms with Gasteiger partial charge in [-0.05, 0) is 73.5 Å². The van der Waals surface area contributed by atoms with E-state index >= 15 is 0 Å². The summed E-state index contributed by atoms with van der Waals surface area (Å²) in [6.45, 7) is 8.00. The molecule has 2 N–H and O–H groups in total. The van der Waals surface area contributed by atoms with Crippen LogP contribution in [0.5, 0.6) is 5.75 Å². The van der Waals surface area contributed by atoms with E-state index in [0.717, 1.165) is 29.7 Å². The maximum Gasteiger partial charge on any atom is 0.142 e. The van der Waals surface area contributed by atoms with Crippen LogP contribution in [-0.2, 0) is 11.2 Å². The average molecular weight is 346 g/mol. The van der Waals surface area contributed by atoms with Crippen molar-refractivity contribution in [3.63, 3.8) is 0 Å². The maximum absolute atomic E-state index is 6.33. The standard InChI is InChI=1S/C18H23NO2.2C2H6/c1-20-15-6-4-10-11-8-9-18-14(5-7-16(18)21-18)12(11)2-3-13(10)17(15)19;2*1-2/h4,6,11-12,14,16H,2-3,5,7-9,19H2,1H3;2*1-2H3. The van der Waals surface area contributed by atoms with Crippen LogP contribution in [0.3, 0.4) is 0 Å². The van der Waals surface area contributed by atoms with Crippen molar-refractivity contribution in [3.8, 4) is 5.75 Å². The Kier molecular flexibility index (Phi) is 5.34. The average Bonchev–Trinajstić information content (AvgIpc) is 3.25. The van der Waals surface area contributed by atoms with Crippen LogP contribution in [0.4, 0.5) is 5.69 Å². The third-order valence-corrected chi connectivity index (χ3v) is 6.80. The molecule has 25 heavy (non-hydrogen) atoms. The smallest absolute Gasteiger partial charge is 0.142 e. The van der Waals surface area contributed by atoms with Gasteiger partial charge in [0.2, 0.25) is 0 Å². The minimum atomic E-state index is 0.302. The number of hydrogen-bond donors (Lipinski definition) is 1. The van der Waals surface area contributed by atoms with Crippen LogP contribution in [0, 0.1) is 11.8 Å². The van der Waals surface area contributed by atoms with Crippen molar-refractivity contribution in [3.05, 3.63) is 23.3 Å². The van der Waals surface area contributed by atoms with Gasteiger partial charge in [0.15, 0.2) is 0 Å². The lowest BCUT2D eigenvalue weighted by Gasteiger charge is -2.44. The van der Waals surface area contributed by atoms with Gasteiger partial charge in [-0.15, -0.1) is 0 Å². The predicted octanol–water partition coefficient (Wildman–Crippen LogP) is 5.32. The fraction of sp³-hybridized carbons (Fsp3) is 0.727. The molecule has 0 radical (unpaired) electrons. The Labute approximate surface area is 153 Å². The van der Waals surface area contributed by atoms with Crippen LogP contribution < -0.4 is 10.5 Å². The molecule has 3 heteroatoms. The zero-order valence-corrected chi connectivity index (χ0v) is 16.6. The van der Waals surface area contributed by atoms with Gasteiger partial charge in [-0.3, -0.25) is 0 Å². The van der Waals surface area contributed by atoms with Crippen LogP contribution in [0.1, 0.15) is 76.8 Å². The van der Waals surface area contributed by atoms with Gasteiger partial charge in [-0.25, -0.2) is 0 Å². The molecule has 5 unspecified atom stereocenters. The molecule has 1 aromatic rings. The third kappa shape index (κ3) is 2.66. The van der Waals surface area contributed by atoms with Gasteiger partial charge >= 0.3 is 0 Å². The highest BCUT2D eigenvalue weighted by Gasteiger charge is 2.68. The van der Waals surface area contributed by atoms with Crippen molar-refractivity contribution in [2.45, 2.75) is 83.8 Å². The van der Waals surface area contributed by atoms with E-state index in [4.69, 9.17) is 15.2 Å². The van der Waals surface area contributed by atoms with Gasteiger partial charge in [-0.2, -0.15) is 0 Å². The summed E-state index contributed by atoms with van der Waals surface area (Å²) in [7, 11) is 1.71. The van der Waals surface area contributed by atoms with Crippen molar-refractivity contribution >= 4 is 5.69 Å². The second-order valence-electron chi connectivity index (χ2n) is 7.34. The highest BCUT2D eigenvalue weighted by atomic mass is 16.6. The van der Waals surface area contributed by atoms with Gasteiger partial charge in [0.25, 0.3) is 0 Å². The first kappa shape index (κ1) is 18.6. The van der Waals surface area contributed by atoms with Gasteiger partial charge < -0.3 is 15.2 Å². The second-order valence-corrected chi connectivity index (χ2v) is 7.34. The molecular weight excluding hydrogens is 310 g/mol. The molecule has 4 aliphatic rings. The lowest BCUT2D eigenvalue weighted by atomic mass is 9.60. The molecule has 0 bridgehead atoms. The Balaban J connectivity index is 0.000000428. The minimum absolute atomic E-state index is 0.302. The first-order valence-electron chi connectivity index (χ1n) is 10.4. The SMILES string of the molecule is CC.CC.COc1ccc2c(c1N)CCC1C2CCC23OC2CCC13. The quantitative estimate of drug-likeness (QED) is 0.554. The molecule has 2 saturated carbocycles. The normalized spacial score (nSPS) is 36.2. The molecule has 1 aliphatic heterocycles. The number of nitrogen functional groups attached to an aromatic ring is 1. The molecule has 1 spiro atoms. The summed E-state index contributed by atoms with van der Waals surface area (Å²) in [5.41, 5.74) is 10.4. The molecular formula is C22H35NO2. The molecule has 1 aromatic carbocycles. The number of rotatable bonds is 1. The molecule has 140 valence electrons. The Morgan fingerprint density at radius 2 is 1.84 bits per heavy atom. The van der Waals surface area contributed by atoms with Crippen molar-refractivity contribution < 1.29 is 9.47 Å². The number of fused-ring (bicyclic) bond motifs is 4. The number of epoxide rings is 1. The van der Waals surface area contributed by atoms with E-state index in [-0.39, 0.29) is 0 Å². The van der Waals surface area contributed by atoms with E-state index in [1.807, 2.05) is 27.7 Å². The monoisotopic (exact) mass is 345 g/mol. The van der Waals surface area contributed by atoms with Crippen molar-refractivity contribution in [2.75, 3.05) is 12.8 Å². The summed E-state index contributed by atoms with van der Waals surface area (Å²) in [5.74, 6) is 3.15. The summed E-state index contributed by atoms with van der Waals surface area (Å²) >= 11 is 0. The lowest BCUT2D eigenvalue weighted by Crippen LogP contribution is -2.40. The molecule has 3 nitrogen and oxygen atoms in total. The predicted molar refractivity (Wildman–Crippen MR) is 104 cm³/mol. The van der Waals surface area contributed by atoms with Gasteiger partial charge in [0.05, 0.1) is 24.5 Å². The Bertz CT molecular complexity index is 614. The number of ether oxygens (including phenoxy) is 2. The number of methoxy groups -OCH3 is 1. The highest BCUT2D eigenvalue weighted by molar-refractivity contribution is 5.63. The largest absolute Gasteiger partial charge is 0.495 e. The number of hydrogen-bond acceptors (Lipinski definition) is 3. The summed E-state index contributed by atoms with van der Waals surface area (Å²) in [4.78, 5) is 0. The lowest BCUT2D eigenvalue weighted by molar-refractivity contribution is 0.0658. The molecule has 5 atom stereocenters. The third-order valence-electron chi connectivity index (χ3n) is 6.80. The Hall–Kier alpha value is -1.22. The maximum atomic E-state index is 6.33.